The monoisotopic (exact) mass is 436 g/mol. The average Bonchev–Trinajstić information content (AvgIpc) is 2.83. The maximum Gasteiger partial charge on any atom is 0.416 e. The molecule has 2 heterocycles. The third-order valence-electron chi connectivity index (χ3n) is 5.85. The SMILES string of the molecule is N#Cc1ccccc1N1CCC(NC(c2ccc(C(F)(F)F)cc2)c2cccnc2)CC1. The Balaban J connectivity index is 1.50. The van der Waals surface area contributed by atoms with Crippen molar-refractivity contribution >= 4 is 5.69 Å². The van der Waals surface area contributed by atoms with Crippen molar-refractivity contribution < 1.29 is 13.2 Å². The summed E-state index contributed by atoms with van der Waals surface area (Å²) in [6.45, 7) is 1.59. The Morgan fingerprint density at radius 2 is 1.69 bits per heavy atom. The van der Waals surface area contributed by atoms with E-state index >= 15 is 0 Å². The van der Waals surface area contributed by atoms with Crippen molar-refractivity contribution in [2.45, 2.75) is 31.1 Å². The molecule has 1 N–H and O–H groups in total. The molecule has 0 amide bonds. The van der Waals surface area contributed by atoms with Crippen molar-refractivity contribution in [3.63, 3.8) is 0 Å². The summed E-state index contributed by atoms with van der Waals surface area (Å²) in [6, 6.07) is 18.8. The first-order valence-electron chi connectivity index (χ1n) is 10.5. The summed E-state index contributed by atoms with van der Waals surface area (Å²) < 4.78 is 39.0. The fraction of sp³-hybridized carbons (Fsp3) is 0.280. The highest BCUT2D eigenvalue weighted by Gasteiger charge is 2.31. The van der Waals surface area contributed by atoms with Gasteiger partial charge in [-0.2, -0.15) is 18.4 Å². The van der Waals surface area contributed by atoms with Gasteiger partial charge in [-0.25, -0.2) is 0 Å². The fourth-order valence-corrected chi connectivity index (χ4v) is 4.16. The molecule has 0 radical (unpaired) electrons. The second-order valence-electron chi connectivity index (χ2n) is 7.90. The molecule has 32 heavy (non-hydrogen) atoms. The first kappa shape index (κ1) is 21.8. The standard InChI is InChI=1S/C25H23F3N4/c26-25(27,28)21-9-7-18(8-10-21)24(20-5-3-13-30-17-20)31-22-11-14-32(15-12-22)23-6-2-1-4-19(23)16-29/h1-10,13,17,22,24,31H,11-12,14-15H2. The molecule has 3 aromatic rings. The zero-order valence-electron chi connectivity index (χ0n) is 17.4. The molecule has 0 bridgehead atoms. The molecule has 1 aliphatic rings. The highest BCUT2D eigenvalue weighted by atomic mass is 19.4. The topological polar surface area (TPSA) is 52.0 Å². The zero-order chi connectivity index (χ0) is 22.6. The van der Waals surface area contributed by atoms with E-state index in [1.807, 2.05) is 36.4 Å². The molecule has 1 atom stereocenters. The number of piperidine rings is 1. The number of para-hydroxylation sites is 1. The summed E-state index contributed by atoms with van der Waals surface area (Å²) in [4.78, 5) is 6.41. The second kappa shape index (κ2) is 9.41. The molecule has 1 saturated heterocycles. The van der Waals surface area contributed by atoms with E-state index in [0.717, 1.165) is 54.9 Å². The van der Waals surface area contributed by atoms with Crippen LogP contribution in [-0.4, -0.2) is 24.1 Å². The molecule has 7 heteroatoms. The Morgan fingerprint density at radius 1 is 0.969 bits per heavy atom. The molecule has 164 valence electrons. The zero-order valence-corrected chi connectivity index (χ0v) is 17.4. The van der Waals surface area contributed by atoms with Crippen molar-refractivity contribution in [1.82, 2.24) is 10.3 Å². The molecule has 2 aromatic carbocycles. The summed E-state index contributed by atoms with van der Waals surface area (Å²) >= 11 is 0. The number of nitriles is 1. The number of hydrogen-bond donors (Lipinski definition) is 1. The Bertz CT molecular complexity index is 1070. The summed E-state index contributed by atoms with van der Waals surface area (Å²) in [5.74, 6) is 0. The smallest absolute Gasteiger partial charge is 0.370 e. The van der Waals surface area contributed by atoms with Crippen LogP contribution in [-0.2, 0) is 6.18 Å². The lowest BCUT2D eigenvalue weighted by atomic mass is 9.95. The highest BCUT2D eigenvalue weighted by molar-refractivity contribution is 5.59. The van der Waals surface area contributed by atoms with Gasteiger partial charge in [-0.05, 0) is 54.3 Å². The molecule has 0 saturated carbocycles. The number of benzene rings is 2. The van der Waals surface area contributed by atoms with Crippen molar-refractivity contribution in [3.8, 4) is 6.07 Å². The van der Waals surface area contributed by atoms with Gasteiger partial charge in [0.1, 0.15) is 6.07 Å². The minimum atomic E-state index is -4.36. The molecule has 4 rings (SSSR count). The van der Waals surface area contributed by atoms with E-state index in [2.05, 4.69) is 21.3 Å². The van der Waals surface area contributed by atoms with E-state index in [1.165, 1.54) is 12.1 Å². The fourth-order valence-electron chi connectivity index (χ4n) is 4.16. The predicted molar refractivity (Wildman–Crippen MR) is 117 cm³/mol. The maximum absolute atomic E-state index is 13.0. The van der Waals surface area contributed by atoms with Crippen LogP contribution in [0.2, 0.25) is 0 Å². The van der Waals surface area contributed by atoms with Gasteiger partial charge in [-0.1, -0.05) is 30.3 Å². The molecule has 1 aliphatic heterocycles. The van der Waals surface area contributed by atoms with Gasteiger partial charge in [-0.3, -0.25) is 4.98 Å². The van der Waals surface area contributed by atoms with Crippen molar-refractivity contribution in [2.75, 3.05) is 18.0 Å². The van der Waals surface area contributed by atoms with Gasteiger partial charge in [0.25, 0.3) is 0 Å². The summed E-state index contributed by atoms with van der Waals surface area (Å²) in [7, 11) is 0. The molecule has 1 unspecified atom stereocenters. The van der Waals surface area contributed by atoms with E-state index in [-0.39, 0.29) is 12.1 Å². The Kier molecular flexibility index (Phi) is 6.42. The van der Waals surface area contributed by atoms with E-state index in [4.69, 9.17) is 0 Å². The number of pyridine rings is 1. The number of anilines is 1. The number of rotatable bonds is 5. The van der Waals surface area contributed by atoms with E-state index in [9.17, 15) is 18.4 Å². The van der Waals surface area contributed by atoms with E-state index < -0.39 is 11.7 Å². The Hall–Kier alpha value is -3.37. The molecule has 1 fully saturated rings. The molecular weight excluding hydrogens is 413 g/mol. The molecule has 4 nitrogen and oxygen atoms in total. The van der Waals surface area contributed by atoms with Gasteiger partial charge in [0.2, 0.25) is 0 Å². The van der Waals surface area contributed by atoms with Crippen LogP contribution < -0.4 is 10.2 Å². The van der Waals surface area contributed by atoms with Crippen LogP contribution in [0.5, 0.6) is 0 Å². The summed E-state index contributed by atoms with van der Waals surface area (Å²) in [6.07, 6.45) is 0.780. The van der Waals surface area contributed by atoms with Crippen molar-refractivity contribution in [3.05, 3.63) is 95.3 Å². The predicted octanol–water partition coefficient (Wildman–Crippen LogP) is 5.32. The number of nitrogens with zero attached hydrogens (tertiary/aromatic N) is 3. The molecule has 0 spiro atoms. The quantitative estimate of drug-likeness (QED) is 0.588. The van der Waals surface area contributed by atoms with Crippen LogP contribution in [0.4, 0.5) is 18.9 Å². The number of hydrogen-bond acceptors (Lipinski definition) is 4. The largest absolute Gasteiger partial charge is 0.416 e. The van der Waals surface area contributed by atoms with Crippen molar-refractivity contribution in [2.24, 2.45) is 0 Å². The third-order valence-corrected chi connectivity index (χ3v) is 5.85. The Morgan fingerprint density at radius 3 is 2.31 bits per heavy atom. The minimum absolute atomic E-state index is 0.188. The van der Waals surface area contributed by atoms with Gasteiger partial charge in [0.05, 0.1) is 22.9 Å². The lowest BCUT2D eigenvalue weighted by Gasteiger charge is -2.36. The normalized spacial score (nSPS) is 15.9. The van der Waals surface area contributed by atoms with Crippen molar-refractivity contribution in [1.29, 1.82) is 5.26 Å². The summed E-state index contributed by atoms with van der Waals surface area (Å²) in [5, 5.41) is 13.0. The first-order valence-corrected chi connectivity index (χ1v) is 10.5. The van der Waals surface area contributed by atoms with Gasteiger partial charge in [-0.15, -0.1) is 0 Å². The van der Waals surface area contributed by atoms with Crippen LogP contribution in [0.15, 0.2) is 73.1 Å². The lowest BCUT2D eigenvalue weighted by Crippen LogP contribution is -2.44. The molecular formula is C25H23F3N4. The number of nitrogens with one attached hydrogen (secondary N) is 1. The van der Waals surface area contributed by atoms with Crippen LogP contribution in [0.3, 0.4) is 0 Å². The number of alkyl halides is 3. The minimum Gasteiger partial charge on any atom is -0.370 e. The number of aromatic nitrogens is 1. The lowest BCUT2D eigenvalue weighted by molar-refractivity contribution is -0.137. The van der Waals surface area contributed by atoms with Crippen LogP contribution in [0.25, 0.3) is 0 Å². The Labute approximate surface area is 185 Å². The second-order valence-corrected chi connectivity index (χ2v) is 7.90. The first-order chi connectivity index (χ1) is 15.5. The van der Waals surface area contributed by atoms with E-state index in [0.29, 0.717) is 5.56 Å². The van der Waals surface area contributed by atoms with Gasteiger partial charge < -0.3 is 10.2 Å². The van der Waals surface area contributed by atoms with E-state index in [1.54, 1.807) is 12.4 Å². The number of halogens is 3. The van der Waals surface area contributed by atoms with Gasteiger partial charge in [0.15, 0.2) is 0 Å². The molecule has 0 aliphatic carbocycles. The highest BCUT2D eigenvalue weighted by Crippen LogP contribution is 2.32. The van der Waals surface area contributed by atoms with Crippen LogP contribution >= 0.6 is 0 Å². The van der Waals surface area contributed by atoms with Crippen LogP contribution in [0.1, 0.15) is 41.1 Å². The van der Waals surface area contributed by atoms with Crippen LogP contribution in [0, 0.1) is 11.3 Å². The molecule has 1 aromatic heterocycles. The van der Waals surface area contributed by atoms with Gasteiger partial charge >= 0.3 is 6.18 Å². The van der Waals surface area contributed by atoms with Gasteiger partial charge in [0, 0.05) is 31.5 Å². The third kappa shape index (κ3) is 4.92. The maximum atomic E-state index is 13.0. The average molecular weight is 436 g/mol. The summed E-state index contributed by atoms with van der Waals surface area (Å²) in [5.41, 5.74) is 2.63.